The minimum Gasteiger partial charge on any atom is -0.469 e. The van der Waals surface area contributed by atoms with Gasteiger partial charge in [-0.05, 0) is 23.1 Å². The van der Waals surface area contributed by atoms with Gasteiger partial charge in [0.25, 0.3) is 0 Å². The largest absolute Gasteiger partial charge is 0.469 e. The van der Waals surface area contributed by atoms with E-state index in [0.717, 1.165) is 10.3 Å². The molecule has 1 heterocycles. The number of thiophene rings is 1. The Balaban J connectivity index is 2.48. The number of rotatable bonds is 2. The number of benzene rings is 1. The van der Waals surface area contributed by atoms with Crippen molar-refractivity contribution in [3.8, 4) is 0 Å². The standard InChI is InChI=1S/C11H9FO2S/c1-14-10(13)6-7-2-3-9(12)8-4-5-15-11(7)8/h2-5H,6H2,1H3. The lowest BCUT2D eigenvalue weighted by molar-refractivity contribution is -0.139. The highest BCUT2D eigenvalue weighted by molar-refractivity contribution is 7.17. The van der Waals surface area contributed by atoms with Crippen LogP contribution in [0.5, 0.6) is 0 Å². The van der Waals surface area contributed by atoms with E-state index in [1.54, 1.807) is 12.1 Å². The third-order valence-corrected chi connectivity index (χ3v) is 3.20. The number of hydrogen-bond donors (Lipinski definition) is 0. The highest BCUT2D eigenvalue weighted by Gasteiger charge is 2.10. The molecule has 0 amide bonds. The second kappa shape index (κ2) is 3.98. The van der Waals surface area contributed by atoms with E-state index in [9.17, 15) is 9.18 Å². The lowest BCUT2D eigenvalue weighted by Gasteiger charge is -2.02. The molecule has 0 aliphatic carbocycles. The van der Waals surface area contributed by atoms with Crippen LogP contribution in [0.1, 0.15) is 5.56 Å². The van der Waals surface area contributed by atoms with Gasteiger partial charge in [-0.15, -0.1) is 11.3 Å². The average Bonchev–Trinajstić information content (AvgIpc) is 2.71. The van der Waals surface area contributed by atoms with E-state index in [1.807, 2.05) is 5.38 Å². The minimum absolute atomic E-state index is 0.188. The molecule has 2 nitrogen and oxygen atoms in total. The molecule has 0 fully saturated rings. The van der Waals surface area contributed by atoms with Crippen molar-refractivity contribution in [3.05, 3.63) is 35.0 Å². The normalized spacial score (nSPS) is 10.5. The summed E-state index contributed by atoms with van der Waals surface area (Å²) >= 11 is 1.43. The second-order valence-corrected chi connectivity index (χ2v) is 4.04. The molecule has 1 aromatic heterocycles. The number of ether oxygens (including phenoxy) is 1. The molecule has 2 rings (SSSR count). The van der Waals surface area contributed by atoms with Gasteiger partial charge in [0.15, 0.2) is 0 Å². The maximum atomic E-state index is 13.3. The summed E-state index contributed by atoms with van der Waals surface area (Å²) in [6, 6.07) is 4.73. The summed E-state index contributed by atoms with van der Waals surface area (Å²) in [4.78, 5) is 11.1. The zero-order valence-corrected chi connectivity index (χ0v) is 8.94. The third kappa shape index (κ3) is 1.85. The molecule has 0 aliphatic heterocycles. The molecule has 0 saturated heterocycles. The van der Waals surface area contributed by atoms with E-state index in [2.05, 4.69) is 4.74 Å². The van der Waals surface area contributed by atoms with Gasteiger partial charge in [-0.3, -0.25) is 4.79 Å². The van der Waals surface area contributed by atoms with E-state index >= 15 is 0 Å². The Kier molecular flexibility index (Phi) is 2.68. The Bertz CT molecular complexity index is 504. The molecule has 4 heteroatoms. The molecule has 0 bridgehead atoms. The van der Waals surface area contributed by atoms with Crippen molar-refractivity contribution >= 4 is 27.4 Å². The van der Waals surface area contributed by atoms with Crippen molar-refractivity contribution in [3.63, 3.8) is 0 Å². The van der Waals surface area contributed by atoms with Crippen LogP contribution in [0.4, 0.5) is 4.39 Å². The van der Waals surface area contributed by atoms with Gasteiger partial charge in [0, 0.05) is 10.1 Å². The van der Waals surface area contributed by atoms with E-state index in [-0.39, 0.29) is 18.2 Å². The Morgan fingerprint density at radius 3 is 3.00 bits per heavy atom. The Morgan fingerprint density at radius 1 is 1.47 bits per heavy atom. The molecule has 78 valence electrons. The van der Waals surface area contributed by atoms with E-state index in [0.29, 0.717) is 5.39 Å². The number of hydrogen-bond acceptors (Lipinski definition) is 3. The predicted molar refractivity (Wildman–Crippen MR) is 57.5 cm³/mol. The smallest absolute Gasteiger partial charge is 0.310 e. The lowest BCUT2D eigenvalue weighted by atomic mass is 10.1. The number of carbonyl (C=O) groups is 1. The van der Waals surface area contributed by atoms with Gasteiger partial charge in [0.1, 0.15) is 5.82 Å². The summed E-state index contributed by atoms with van der Waals surface area (Å²) in [6.07, 6.45) is 0.188. The molecule has 0 unspecified atom stereocenters. The van der Waals surface area contributed by atoms with Crippen LogP contribution in [-0.2, 0) is 16.0 Å². The summed E-state index contributed by atoms with van der Waals surface area (Å²) in [5, 5.41) is 2.38. The maximum Gasteiger partial charge on any atom is 0.310 e. The van der Waals surface area contributed by atoms with Crippen molar-refractivity contribution < 1.29 is 13.9 Å². The van der Waals surface area contributed by atoms with Gasteiger partial charge >= 0.3 is 5.97 Å². The Hall–Kier alpha value is -1.42. The molecule has 15 heavy (non-hydrogen) atoms. The molecule has 0 aliphatic rings. The zero-order chi connectivity index (χ0) is 10.8. The fourth-order valence-electron chi connectivity index (χ4n) is 1.45. The fourth-order valence-corrected chi connectivity index (χ4v) is 2.38. The summed E-state index contributed by atoms with van der Waals surface area (Å²) in [5.41, 5.74) is 0.813. The highest BCUT2D eigenvalue weighted by atomic mass is 32.1. The quantitative estimate of drug-likeness (QED) is 0.733. The van der Waals surface area contributed by atoms with Crippen LogP contribution in [0.25, 0.3) is 10.1 Å². The zero-order valence-electron chi connectivity index (χ0n) is 8.12. The molecule has 1 aromatic carbocycles. The van der Waals surface area contributed by atoms with Crippen LogP contribution in [0.2, 0.25) is 0 Å². The first-order chi connectivity index (χ1) is 7.22. The predicted octanol–water partition coefficient (Wildman–Crippen LogP) is 2.76. The van der Waals surface area contributed by atoms with Crippen LogP contribution >= 0.6 is 11.3 Å². The number of carbonyl (C=O) groups excluding carboxylic acids is 1. The van der Waals surface area contributed by atoms with Crippen molar-refractivity contribution in [2.24, 2.45) is 0 Å². The third-order valence-electron chi connectivity index (χ3n) is 2.21. The Labute approximate surface area is 90.3 Å². The summed E-state index contributed by atoms with van der Waals surface area (Å²) in [5.74, 6) is -0.559. The molecule has 0 spiro atoms. The first-order valence-corrected chi connectivity index (χ1v) is 5.31. The molecular formula is C11H9FO2S. The van der Waals surface area contributed by atoms with Crippen LogP contribution in [0, 0.1) is 5.82 Å². The molecule has 0 atom stereocenters. The van der Waals surface area contributed by atoms with Crippen LogP contribution < -0.4 is 0 Å². The van der Waals surface area contributed by atoms with Crippen molar-refractivity contribution in [2.75, 3.05) is 7.11 Å². The van der Waals surface area contributed by atoms with Gasteiger partial charge in [0.05, 0.1) is 13.5 Å². The topological polar surface area (TPSA) is 26.3 Å². The molecule has 0 radical (unpaired) electrons. The maximum absolute atomic E-state index is 13.3. The second-order valence-electron chi connectivity index (χ2n) is 3.12. The fraction of sp³-hybridized carbons (Fsp3) is 0.182. The number of esters is 1. The van der Waals surface area contributed by atoms with Crippen LogP contribution in [-0.4, -0.2) is 13.1 Å². The van der Waals surface area contributed by atoms with Crippen LogP contribution in [0.3, 0.4) is 0 Å². The molecule has 0 N–H and O–H groups in total. The van der Waals surface area contributed by atoms with Gasteiger partial charge in [-0.25, -0.2) is 4.39 Å². The minimum atomic E-state index is -0.309. The highest BCUT2D eigenvalue weighted by Crippen LogP contribution is 2.27. The summed E-state index contributed by atoms with van der Waals surface area (Å²) < 4.78 is 18.7. The van der Waals surface area contributed by atoms with Gasteiger partial charge < -0.3 is 4.74 Å². The van der Waals surface area contributed by atoms with Gasteiger partial charge in [0.2, 0.25) is 0 Å². The Morgan fingerprint density at radius 2 is 2.27 bits per heavy atom. The molecule has 0 saturated carbocycles. The first-order valence-electron chi connectivity index (χ1n) is 4.44. The first kappa shape index (κ1) is 10.1. The van der Waals surface area contributed by atoms with E-state index in [4.69, 9.17) is 0 Å². The average molecular weight is 224 g/mol. The van der Waals surface area contributed by atoms with Crippen molar-refractivity contribution in [2.45, 2.75) is 6.42 Å². The SMILES string of the molecule is COC(=O)Cc1ccc(F)c2ccsc12. The summed E-state index contributed by atoms with van der Waals surface area (Å²) in [7, 11) is 1.34. The van der Waals surface area contributed by atoms with Gasteiger partial charge in [-0.1, -0.05) is 6.07 Å². The summed E-state index contributed by atoms with van der Waals surface area (Å²) in [6.45, 7) is 0. The van der Waals surface area contributed by atoms with Crippen LogP contribution in [0.15, 0.2) is 23.6 Å². The number of methoxy groups -OCH3 is 1. The molecule has 2 aromatic rings. The van der Waals surface area contributed by atoms with Crippen molar-refractivity contribution in [1.82, 2.24) is 0 Å². The lowest BCUT2D eigenvalue weighted by Crippen LogP contribution is -2.04. The number of fused-ring (bicyclic) bond motifs is 1. The van der Waals surface area contributed by atoms with Crippen molar-refractivity contribution in [1.29, 1.82) is 0 Å². The monoisotopic (exact) mass is 224 g/mol. The van der Waals surface area contributed by atoms with E-state index in [1.165, 1.54) is 24.5 Å². The van der Waals surface area contributed by atoms with E-state index < -0.39 is 0 Å². The number of halogens is 1. The van der Waals surface area contributed by atoms with Gasteiger partial charge in [-0.2, -0.15) is 0 Å². The molecular weight excluding hydrogens is 215 g/mol.